The molecule has 1 aromatic heterocycles. The zero-order valence-corrected chi connectivity index (χ0v) is 9.04. The van der Waals surface area contributed by atoms with Crippen molar-refractivity contribution in [1.82, 2.24) is 4.98 Å². The number of fused-ring (bicyclic) bond motifs is 1. The summed E-state index contributed by atoms with van der Waals surface area (Å²) in [5.41, 5.74) is 8.59. The van der Waals surface area contributed by atoms with E-state index < -0.39 is 0 Å². The standard InChI is InChI=1S/C13H10N4/c14-12-10-3-1-2-4-11(10)13(17-12)16-9-5-7-15-8-6-9/h1-8H,(H2,14,15,16,17). The highest BCUT2D eigenvalue weighted by Crippen LogP contribution is 2.20. The van der Waals surface area contributed by atoms with Crippen molar-refractivity contribution in [3.05, 3.63) is 59.9 Å². The molecule has 82 valence electrons. The molecule has 0 saturated heterocycles. The quantitative estimate of drug-likeness (QED) is 0.800. The number of nitrogens with zero attached hydrogens (tertiary/aromatic N) is 3. The van der Waals surface area contributed by atoms with E-state index in [-0.39, 0.29) is 0 Å². The van der Waals surface area contributed by atoms with Crippen LogP contribution in [0.2, 0.25) is 0 Å². The van der Waals surface area contributed by atoms with Gasteiger partial charge in [-0.2, -0.15) is 0 Å². The summed E-state index contributed by atoms with van der Waals surface area (Å²) in [5.74, 6) is 1.18. The number of nitrogens with two attached hydrogens (primary N) is 1. The summed E-state index contributed by atoms with van der Waals surface area (Å²) < 4.78 is 0. The van der Waals surface area contributed by atoms with E-state index in [0.29, 0.717) is 11.7 Å². The van der Waals surface area contributed by atoms with Crippen molar-refractivity contribution in [1.29, 1.82) is 0 Å². The second kappa shape index (κ2) is 3.83. The van der Waals surface area contributed by atoms with Gasteiger partial charge in [0.05, 0.1) is 5.69 Å². The van der Waals surface area contributed by atoms with Gasteiger partial charge in [0.15, 0.2) is 5.84 Å². The van der Waals surface area contributed by atoms with Gasteiger partial charge in [-0.25, -0.2) is 9.98 Å². The van der Waals surface area contributed by atoms with Gasteiger partial charge in [0.1, 0.15) is 5.84 Å². The number of aromatic nitrogens is 1. The summed E-state index contributed by atoms with van der Waals surface area (Å²) in [4.78, 5) is 12.7. The lowest BCUT2D eigenvalue weighted by molar-refractivity contribution is 1.31. The highest BCUT2D eigenvalue weighted by molar-refractivity contribution is 6.22. The monoisotopic (exact) mass is 222 g/mol. The molecular formula is C13H10N4. The lowest BCUT2D eigenvalue weighted by atomic mass is 10.1. The Morgan fingerprint density at radius 2 is 1.65 bits per heavy atom. The molecule has 1 aliphatic rings. The summed E-state index contributed by atoms with van der Waals surface area (Å²) in [5, 5.41) is 0. The third-order valence-corrected chi connectivity index (χ3v) is 2.57. The second-order valence-electron chi connectivity index (χ2n) is 3.68. The average Bonchev–Trinajstić information content (AvgIpc) is 2.69. The Balaban J connectivity index is 2.10. The van der Waals surface area contributed by atoms with Crippen LogP contribution < -0.4 is 5.73 Å². The summed E-state index contributed by atoms with van der Waals surface area (Å²) >= 11 is 0. The van der Waals surface area contributed by atoms with E-state index in [1.54, 1.807) is 12.4 Å². The Morgan fingerprint density at radius 1 is 0.941 bits per heavy atom. The Morgan fingerprint density at radius 3 is 2.41 bits per heavy atom. The SMILES string of the molecule is NC1=NC(=Nc2ccncc2)c2ccccc21. The fraction of sp³-hybridized carbons (Fsp3) is 0. The van der Waals surface area contributed by atoms with E-state index in [2.05, 4.69) is 15.0 Å². The predicted octanol–water partition coefficient (Wildman–Crippen LogP) is 1.88. The first-order valence-corrected chi connectivity index (χ1v) is 5.27. The van der Waals surface area contributed by atoms with E-state index in [1.807, 2.05) is 36.4 Å². The highest BCUT2D eigenvalue weighted by Gasteiger charge is 2.18. The van der Waals surface area contributed by atoms with Crippen LogP contribution in [0.1, 0.15) is 11.1 Å². The normalized spacial score (nSPS) is 15.8. The molecule has 0 atom stereocenters. The van der Waals surface area contributed by atoms with Crippen molar-refractivity contribution in [3.8, 4) is 0 Å². The Bertz CT molecular complexity index is 614. The first-order valence-electron chi connectivity index (χ1n) is 5.27. The smallest absolute Gasteiger partial charge is 0.162 e. The first kappa shape index (κ1) is 9.72. The van der Waals surface area contributed by atoms with Crippen LogP contribution in [0.25, 0.3) is 0 Å². The Labute approximate surface area is 98.6 Å². The molecule has 0 bridgehead atoms. The van der Waals surface area contributed by atoms with Crippen LogP contribution in [0.4, 0.5) is 5.69 Å². The zero-order chi connectivity index (χ0) is 11.7. The van der Waals surface area contributed by atoms with E-state index in [0.717, 1.165) is 16.8 Å². The molecule has 17 heavy (non-hydrogen) atoms. The topological polar surface area (TPSA) is 63.6 Å². The molecule has 0 aliphatic carbocycles. The van der Waals surface area contributed by atoms with Crippen LogP contribution in [0.5, 0.6) is 0 Å². The van der Waals surface area contributed by atoms with Crippen LogP contribution in [0.3, 0.4) is 0 Å². The number of amidine groups is 2. The summed E-state index contributed by atoms with van der Waals surface area (Å²) in [6.07, 6.45) is 3.40. The molecule has 4 heteroatoms. The van der Waals surface area contributed by atoms with Gasteiger partial charge in [-0.3, -0.25) is 4.98 Å². The molecule has 2 heterocycles. The van der Waals surface area contributed by atoms with Gasteiger partial charge in [-0.05, 0) is 12.1 Å². The minimum atomic E-state index is 0.522. The Kier molecular flexibility index (Phi) is 2.19. The van der Waals surface area contributed by atoms with Crippen molar-refractivity contribution in [3.63, 3.8) is 0 Å². The first-order chi connectivity index (χ1) is 8.34. The lowest BCUT2D eigenvalue weighted by Gasteiger charge is -1.98. The van der Waals surface area contributed by atoms with Crippen LogP contribution in [-0.2, 0) is 0 Å². The van der Waals surface area contributed by atoms with Crippen molar-refractivity contribution in [2.75, 3.05) is 0 Å². The van der Waals surface area contributed by atoms with Crippen LogP contribution in [-0.4, -0.2) is 16.7 Å². The molecule has 1 aliphatic heterocycles. The fourth-order valence-electron chi connectivity index (χ4n) is 1.76. The van der Waals surface area contributed by atoms with Crippen molar-refractivity contribution in [2.24, 2.45) is 15.7 Å². The zero-order valence-electron chi connectivity index (χ0n) is 9.04. The van der Waals surface area contributed by atoms with E-state index >= 15 is 0 Å². The van der Waals surface area contributed by atoms with Crippen molar-refractivity contribution >= 4 is 17.4 Å². The Hall–Kier alpha value is -2.49. The van der Waals surface area contributed by atoms with E-state index in [9.17, 15) is 0 Å². The molecule has 0 spiro atoms. The van der Waals surface area contributed by atoms with Gasteiger partial charge in [0, 0.05) is 23.5 Å². The lowest BCUT2D eigenvalue weighted by Crippen LogP contribution is -2.09. The van der Waals surface area contributed by atoms with Crippen LogP contribution in [0.15, 0.2) is 58.8 Å². The van der Waals surface area contributed by atoms with Crippen LogP contribution >= 0.6 is 0 Å². The fourth-order valence-corrected chi connectivity index (χ4v) is 1.76. The molecule has 2 aromatic rings. The number of aliphatic imine (C=N–C) groups is 2. The molecule has 0 radical (unpaired) electrons. The summed E-state index contributed by atoms with van der Waals surface area (Å²) in [6, 6.07) is 11.5. The third-order valence-electron chi connectivity index (χ3n) is 2.57. The number of hydrogen-bond donors (Lipinski definition) is 1. The number of pyridine rings is 1. The van der Waals surface area contributed by atoms with Crippen molar-refractivity contribution < 1.29 is 0 Å². The van der Waals surface area contributed by atoms with Gasteiger partial charge in [0.2, 0.25) is 0 Å². The number of rotatable bonds is 1. The molecule has 1 aromatic carbocycles. The maximum absolute atomic E-state index is 5.85. The van der Waals surface area contributed by atoms with Crippen molar-refractivity contribution in [2.45, 2.75) is 0 Å². The maximum atomic E-state index is 5.85. The number of benzene rings is 1. The van der Waals surface area contributed by atoms with E-state index in [1.165, 1.54) is 0 Å². The molecule has 2 N–H and O–H groups in total. The molecule has 0 fully saturated rings. The van der Waals surface area contributed by atoms with Gasteiger partial charge in [-0.1, -0.05) is 24.3 Å². The predicted molar refractivity (Wildman–Crippen MR) is 67.6 cm³/mol. The summed E-state index contributed by atoms with van der Waals surface area (Å²) in [7, 11) is 0. The van der Waals surface area contributed by atoms with E-state index in [4.69, 9.17) is 5.73 Å². The minimum Gasteiger partial charge on any atom is -0.383 e. The molecule has 4 nitrogen and oxygen atoms in total. The molecule has 0 unspecified atom stereocenters. The number of hydrogen-bond acceptors (Lipinski definition) is 3. The highest BCUT2D eigenvalue weighted by atomic mass is 15.0. The third kappa shape index (κ3) is 1.69. The van der Waals surface area contributed by atoms with Gasteiger partial charge in [-0.15, -0.1) is 0 Å². The maximum Gasteiger partial charge on any atom is 0.162 e. The molecule has 0 amide bonds. The minimum absolute atomic E-state index is 0.522. The summed E-state index contributed by atoms with van der Waals surface area (Å²) in [6.45, 7) is 0. The molecule has 3 rings (SSSR count). The molecular weight excluding hydrogens is 212 g/mol. The average molecular weight is 222 g/mol. The van der Waals surface area contributed by atoms with Gasteiger partial charge < -0.3 is 5.73 Å². The second-order valence-corrected chi connectivity index (χ2v) is 3.68. The van der Waals surface area contributed by atoms with Crippen LogP contribution in [0, 0.1) is 0 Å². The largest absolute Gasteiger partial charge is 0.383 e. The molecule has 0 saturated carbocycles. The van der Waals surface area contributed by atoms with Gasteiger partial charge >= 0.3 is 0 Å². The van der Waals surface area contributed by atoms with Gasteiger partial charge in [0.25, 0.3) is 0 Å².